The van der Waals surface area contributed by atoms with Crippen molar-refractivity contribution in [3.63, 3.8) is 0 Å². The average Bonchev–Trinajstić information content (AvgIpc) is 2.82. The zero-order chi connectivity index (χ0) is 22.9. The molecule has 1 aromatic rings. The molecule has 180 valence electrons. The van der Waals surface area contributed by atoms with Gasteiger partial charge in [0.05, 0.1) is 44.7 Å². The minimum Gasteiger partial charge on any atom is -0.496 e. The summed E-state index contributed by atoms with van der Waals surface area (Å²) in [7, 11) is 1.59. The minimum absolute atomic E-state index is 0.0372. The van der Waals surface area contributed by atoms with Gasteiger partial charge in [-0.3, -0.25) is 14.6 Å². The Morgan fingerprint density at radius 2 is 1.88 bits per heavy atom. The average molecular weight is 450 g/mol. The zero-order valence-corrected chi connectivity index (χ0v) is 19.7. The van der Waals surface area contributed by atoms with Crippen molar-refractivity contribution in [2.24, 2.45) is 0 Å². The number of hydrogen-bond acceptors (Lipinski definition) is 7. The summed E-state index contributed by atoms with van der Waals surface area (Å²) >= 11 is 0. The molecule has 1 N–H and O–H groups in total. The van der Waals surface area contributed by atoms with Gasteiger partial charge >= 0.3 is 0 Å². The van der Waals surface area contributed by atoms with Gasteiger partial charge in [-0.25, -0.2) is 0 Å². The third-order valence-corrected chi connectivity index (χ3v) is 6.39. The van der Waals surface area contributed by atoms with Crippen molar-refractivity contribution < 1.29 is 24.1 Å². The number of methoxy groups -OCH3 is 1. The summed E-state index contributed by atoms with van der Waals surface area (Å²) in [5.74, 6) is 0.549. The lowest BCUT2D eigenvalue weighted by atomic mass is 10.1. The molecule has 0 spiro atoms. The van der Waals surface area contributed by atoms with Gasteiger partial charge in [-0.1, -0.05) is 19.1 Å². The number of aliphatic hydroxyl groups is 1. The van der Waals surface area contributed by atoms with Gasteiger partial charge in [-0.2, -0.15) is 0 Å². The first-order valence-electron chi connectivity index (χ1n) is 11.8. The number of hydrogen-bond donors (Lipinski definition) is 1. The molecule has 1 amide bonds. The lowest BCUT2D eigenvalue weighted by Gasteiger charge is -2.39. The van der Waals surface area contributed by atoms with E-state index >= 15 is 0 Å². The van der Waals surface area contributed by atoms with Crippen molar-refractivity contribution in [2.75, 3.05) is 72.7 Å². The van der Waals surface area contributed by atoms with E-state index in [0.717, 1.165) is 39.3 Å². The van der Waals surface area contributed by atoms with Crippen LogP contribution >= 0.6 is 0 Å². The fourth-order valence-corrected chi connectivity index (χ4v) is 4.37. The van der Waals surface area contributed by atoms with Gasteiger partial charge in [-0.15, -0.1) is 0 Å². The van der Waals surface area contributed by atoms with E-state index < -0.39 is 6.10 Å². The maximum Gasteiger partial charge on any atom is 0.257 e. The molecule has 2 heterocycles. The Morgan fingerprint density at radius 1 is 1.19 bits per heavy atom. The summed E-state index contributed by atoms with van der Waals surface area (Å²) in [6.45, 7) is 11.3. The number of nitrogens with zero attached hydrogens (tertiary/aromatic N) is 3. The summed E-state index contributed by atoms with van der Waals surface area (Å²) < 4.78 is 16.8. The molecular weight excluding hydrogens is 410 g/mol. The van der Waals surface area contributed by atoms with E-state index in [1.54, 1.807) is 7.11 Å². The second-order valence-corrected chi connectivity index (χ2v) is 8.73. The second-order valence-electron chi connectivity index (χ2n) is 8.73. The fraction of sp³-hybridized carbons (Fsp3) is 0.708. The molecule has 3 rings (SSSR count). The molecule has 8 nitrogen and oxygen atoms in total. The Labute approximate surface area is 192 Å². The molecule has 0 aliphatic carbocycles. The van der Waals surface area contributed by atoms with Crippen LogP contribution in [0.1, 0.15) is 30.6 Å². The number of rotatable bonds is 10. The molecule has 2 saturated heterocycles. The van der Waals surface area contributed by atoms with E-state index in [2.05, 4.69) is 23.6 Å². The van der Waals surface area contributed by atoms with Gasteiger partial charge in [-0.05, 0) is 25.5 Å². The molecular formula is C24H39N3O5. The highest BCUT2D eigenvalue weighted by Crippen LogP contribution is 2.22. The monoisotopic (exact) mass is 449 g/mol. The predicted octanol–water partition coefficient (Wildman–Crippen LogP) is 1.33. The van der Waals surface area contributed by atoms with Crippen molar-refractivity contribution in [3.05, 3.63) is 29.8 Å². The van der Waals surface area contributed by atoms with Crippen molar-refractivity contribution >= 4 is 5.91 Å². The smallest absolute Gasteiger partial charge is 0.257 e. The van der Waals surface area contributed by atoms with E-state index in [1.165, 1.54) is 0 Å². The number of ether oxygens (including phenoxy) is 3. The first kappa shape index (κ1) is 24.9. The Hall–Kier alpha value is -1.71. The second kappa shape index (κ2) is 12.5. The van der Waals surface area contributed by atoms with Crippen molar-refractivity contribution in [1.82, 2.24) is 14.7 Å². The number of carbonyl (C=O) groups excluding carboxylic acids is 1. The van der Waals surface area contributed by atoms with Crippen LogP contribution in [0.25, 0.3) is 0 Å². The van der Waals surface area contributed by atoms with Gasteiger partial charge in [0.1, 0.15) is 5.75 Å². The summed E-state index contributed by atoms with van der Waals surface area (Å²) in [5.41, 5.74) is 0.573. The lowest BCUT2D eigenvalue weighted by molar-refractivity contribution is -0.0581. The maximum absolute atomic E-state index is 13.4. The van der Waals surface area contributed by atoms with Crippen LogP contribution in [-0.2, 0) is 9.47 Å². The molecule has 0 aromatic heterocycles. The first-order valence-corrected chi connectivity index (χ1v) is 11.8. The number of carbonyl (C=O) groups is 1. The van der Waals surface area contributed by atoms with E-state index in [4.69, 9.17) is 14.2 Å². The molecule has 2 aliphatic heterocycles. The van der Waals surface area contributed by atoms with E-state index in [9.17, 15) is 9.90 Å². The zero-order valence-electron chi connectivity index (χ0n) is 19.7. The van der Waals surface area contributed by atoms with Gasteiger partial charge in [0.15, 0.2) is 0 Å². The van der Waals surface area contributed by atoms with Crippen LogP contribution in [0.5, 0.6) is 5.75 Å². The standard InChI is InChI=1S/C24H39N3O5/c1-4-19(2)27(24(29)22-7-5-6-8-23(22)30-3)18-21-17-26(11-14-32-21)16-20(28)15-25-9-12-31-13-10-25/h5-8,19-21,28H,4,9-18H2,1-3H3/t19-,20-,21+/m0/s1. The molecule has 2 fully saturated rings. The Morgan fingerprint density at radius 3 is 2.59 bits per heavy atom. The van der Waals surface area contributed by atoms with E-state index in [-0.39, 0.29) is 18.1 Å². The molecule has 8 heteroatoms. The molecule has 2 aliphatic rings. The first-order chi connectivity index (χ1) is 15.5. The number of amides is 1. The fourth-order valence-electron chi connectivity index (χ4n) is 4.37. The summed E-state index contributed by atoms with van der Waals surface area (Å²) in [5, 5.41) is 10.6. The summed E-state index contributed by atoms with van der Waals surface area (Å²) in [6, 6.07) is 7.44. The Balaban J connectivity index is 1.59. The maximum atomic E-state index is 13.4. The summed E-state index contributed by atoms with van der Waals surface area (Å²) in [6.07, 6.45) is 0.356. The third-order valence-electron chi connectivity index (χ3n) is 6.39. The molecule has 0 unspecified atom stereocenters. The summed E-state index contributed by atoms with van der Waals surface area (Å²) in [4.78, 5) is 19.8. The molecule has 3 atom stereocenters. The lowest BCUT2D eigenvalue weighted by Crippen LogP contribution is -2.53. The van der Waals surface area contributed by atoms with Crippen molar-refractivity contribution in [2.45, 2.75) is 38.5 Å². The van der Waals surface area contributed by atoms with Crippen LogP contribution in [0.2, 0.25) is 0 Å². The normalized spacial score (nSPS) is 22.3. The predicted molar refractivity (Wildman–Crippen MR) is 123 cm³/mol. The quantitative estimate of drug-likeness (QED) is 0.578. The van der Waals surface area contributed by atoms with Crippen LogP contribution < -0.4 is 4.74 Å². The minimum atomic E-state index is -0.410. The van der Waals surface area contributed by atoms with Gasteiger partial charge < -0.3 is 24.2 Å². The van der Waals surface area contributed by atoms with Crippen LogP contribution in [0, 0.1) is 0 Å². The topological polar surface area (TPSA) is 74.7 Å². The van der Waals surface area contributed by atoms with Crippen LogP contribution in [0.4, 0.5) is 0 Å². The van der Waals surface area contributed by atoms with Gasteiger partial charge in [0, 0.05) is 51.9 Å². The Kier molecular flexibility index (Phi) is 9.74. The number of benzene rings is 1. The van der Waals surface area contributed by atoms with Gasteiger partial charge in [0.2, 0.25) is 0 Å². The van der Waals surface area contributed by atoms with Crippen LogP contribution in [-0.4, -0.2) is 117 Å². The largest absolute Gasteiger partial charge is 0.496 e. The van der Waals surface area contributed by atoms with Crippen LogP contribution in [0.3, 0.4) is 0 Å². The SMILES string of the molecule is CC[C@H](C)N(C[C@H]1CN(C[C@@H](O)CN2CCOCC2)CCO1)C(=O)c1ccccc1OC. The molecule has 0 bridgehead atoms. The van der Waals surface area contributed by atoms with Crippen LogP contribution in [0.15, 0.2) is 24.3 Å². The van der Waals surface area contributed by atoms with Crippen molar-refractivity contribution in [1.29, 1.82) is 0 Å². The van der Waals surface area contributed by atoms with E-state index in [0.29, 0.717) is 44.1 Å². The Bertz CT molecular complexity index is 713. The highest BCUT2D eigenvalue weighted by Gasteiger charge is 2.30. The highest BCUT2D eigenvalue weighted by molar-refractivity contribution is 5.97. The number of aliphatic hydroxyl groups excluding tert-OH is 1. The number of morpholine rings is 2. The molecule has 0 saturated carbocycles. The molecule has 0 radical (unpaired) electrons. The number of para-hydroxylation sites is 1. The third kappa shape index (κ3) is 6.89. The van der Waals surface area contributed by atoms with Gasteiger partial charge in [0.25, 0.3) is 5.91 Å². The van der Waals surface area contributed by atoms with Crippen molar-refractivity contribution in [3.8, 4) is 5.75 Å². The molecule has 1 aromatic carbocycles. The molecule has 32 heavy (non-hydrogen) atoms. The number of β-amino-alcohol motifs (C(OH)–C–C–N with tert-alkyl or cyclic N) is 1. The van der Waals surface area contributed by atoms with E-state index in [1.807, 2.05) is 29.2 Å². The highest BCUT2D eigenvalue weighted by atomic mass is 16.5.